The predicted molar refractivity (Wildman–Crippen MR) is 134 cm³/mol. The van der Waals surface area contributed by atoms with Crippen molar-refractivity contribution in [2.24, 2.45) is 5.41 Å². The Labute approximate surface area is 211 Å². The van der Waals surface area contributed by atoms with Crippen molar-refractivity contribution < 1.29 is 18.7 Å². The van der Waals surface area contributed by atoms with Crippen LogP contribution in [0.1, 0.15) is 69.8 Å². The Bertz CT molecular complexity index is 1060. The maximum absolute atomic E-state index is 14.1. The second kappa shape index (κ2) is 10.6. The highest BCUT2D eigenvalue weighted by Crippen LogP contribution is 2.52. The van der Waals surface area contributed by atoms with Gasteiger partial charge >= 0.3 is 5.97 Å². The van der Waals surface area contributed by atoms with Gasteiger partial charge < -0.3 is 10.1 Å². The summed E-state index contributed by atoms with van der Waals surface area (Å²) in [5.41, 5.74) is -0.0117. The first-order chi connectivity index (χ1) is 17.5. The third-order valence-corrected chi connectivity index (χ3v) is 8.61. The van der Waals surface area contributed by atoms with Crippen LogP contribution in [0.25, 0.3) is 0 Å². The zero-order chi connectivity index (χ0) is 25.0. The van der Waals surface area contributed by atoms with Gasteiger partial charge in [-0.25, -0.2) is 9.37 Å². The highest BCUT2D eigenvalue weighted by atomic mass is 19.1. The summed E-state index contributed by atoms with van der Waals surface area (Å²) in [4.78, 5) is 36.4. The minimum absolute atomic E-state index is 0.0125. The molecule has 0 radical (unpaired) electrons. The van der Waals surface area contributed by atoms with Crippen molar-refractivity contribution in [2.75, 3.05) is 25.0 Å². The highest BCUT2D eigenvalue weighted by molar-refractivity contribution is 5.91. The SMILES string of the molecule is O=C(CN1CCC2(CC[C@@H]2OC(=O)C2(c3cccc(F)c3)CCCCCC2)CC1)Nc1cnccn1. The quantitative estimate of drug-likeness (QED) is 0.466. The van der Waals surface area contributed by atoms with Crippen LogP contribution in [-0.4, -0.2) is 52.5 Å². The van der Waals surface area contributed by atoms with E-state index in [4.69, 9.17) is 4.74 Å². The molecule has 2 saturated carbocycles. The van der Waals surface area contributed by atoms with Crippen LogP contribution in [0.5, 0.6) is 0 Å². The van der Waals surface area contributed by atoms with Crippen molar-refractivity contribution in [3.8, 4) is 0 Å². The van der Waals surface area contributed by atoms with Gasteiger partial charge in [0.2, 0.25) is 5.91 Å². The van der Waals surface area contributed by atoms with E-state index in [-0.39, 0.29) is 29.2 Å². The van der Waals surface area contributed by atoms with Crippen LogP contribution in [0.3, 0.4) is 0 Å². The molecule has 3 aliphatic rings. The molecule has 0 unspecified atom stereocenters. The topological polar surface area (TPSA) is 84.4 Å². The maximum Gasteiger partial charge on any atom is 0.316 e. The van der Waals surface area contributed by atoms with Crippen molar-refractivity contribution in [1.82, 2.24) is 14.9 Å². The summed E-state index contributed by atoms with van der Waals surface area (Å²) < 4.78 is 20.4. The first-order valence-corrected chi connectivity index (χ1v) is 13.2. The third-order valence-electron chi connectivity index (χ3n) is 8.61. The van der Waals surface area contributed by atoms with E-state index < -0.39 is 5.41 Å². The van der Waals surface area contributed by atoms with Crippen molar-refractivity contribution in [2.45, 2.75) is 75.7 Å². The highest BCUT2D eigenvalue weighted by Gasteiger charge is 2.53. The molecule has 1 atom stereocenters. The number of piperidine rings is 1. The number of carbonyl (C=O) groups excluding carboxylic acids is 2. The number of nitrogens with zero attached hydrogens (tertiary/aromatic N) is 3. The van der Waals surface area contributed by atoms with Gasteiger partial charge in [0, 0.05) is 17.8 Å². The lowest BCUT2D eigenvalue weighted by Gasteiger charge is -2.53. The number of benzene rings is 1. The molecule has 1 aromatic heterocycles. The maximum atomic E-state index is 14.1. The average Bonchev–Trinajstić information content (AvgIpc) is 3.15. The van der Waals surface area contributed by atoms with Gasteiger partial charge in [0.1, 0.15) is 11.9 Å². The Morgan fingerprint density at radius 1 is 1.06 bits per heavy atom. The Hall–Kier alpha value is -2.87. The number of nitrogens with one attached hydrogen (secondary N) is 1. The van der Waals surface area contributed by atoms with E-state index in [9.17, 15) is 14.0 Å². The smallest absolute Gasteiger partial charge is 0.316 e. The summed E-state index contributed by atoms with van der Waals surface area (Å²) >= 11 is 0. The summed E-state index contributed by atoms with van der Waals surface area (Å²) in [5, 5.41) is 2.79. The number of amides is 1. The van der Waals surface area contributed by atoms with Gasteiger partial charge in [0.05, 0.1) is 18.2 Å². The molecule has 2 heterocycles. The van der Waals surface area contributed by atoms with Crippen molar-refractivity contribution in [1.29, 1.82) is 0 Å². The zero-order valence-electron chi connectivity index (χ0n) is 20.8. The van der Waals surface area contributed by atoms with Crippen molar-refractivity contribution in [3.63, 3.8) is 0 Å². The summed E-state index contributed by atoms with van der Waals surface area (Å²) in [7, 11) is 0. The monoisotopic (exact) mass is 494 g/mol. The van der Waals surface area contributed by atoms with E-state index in [1.54, 1.807) is 18.5 Å². The Kier molecular flexibility index (Phi) is 7.32. The van der Waals surface area contributed by atoms with Gasteiger partial charge in [-0.1, -0.05) is 37.8 Å². The van der Waals surface area contributed by atoms with Crippen LogP contribution in [-0.2, 0) is 19.7 Å². The van der Waals surface area contributed by atoms with Crippen LogP contribution >= 0.6 is 0 Å². The molecular formula is C28H35FN4O3. The number of hydrogen-bond acceptors (Lipinski definition) is 6. The molecule has 192 valence electrons. The molecule has 1 aromatic carbocycles. The van der Waals surface area contributed by atoms with Gasteiger partial charge in [0.25, 0.3) is 0 Å². The first-order valence-electron chi connectivity index (χ1n) is 13.2. The molecule has 0 bridgehead atoms. The van der Waals surface area contributed by atoms with Gasteiger partial charge in [-0.2, -0.15) is 0 Å². The summed E-state index contributed by atoms with van der Waals surface area (Å²) in [6, 6.07) is 6.54. The van der Waals surface area contributed by atoms with Gasteiger partial charge in [-0.15, -0.1) is 0 Å². The van der Waals surface area contributed by atoms with Crippen LogP contribution in [0.4, 0.5) is 10.2 Å². The van der Waals surface area contributed by atoms with E-state index in [2.05, 4.69) is 20.2 Å². The van der Waals surface area contributed by atoms with E-state index in [0.29, 0.717) is 25.2 Å². The molecule has 5 rings (SSSR count). The lowest BCUT2D eigenvalue weighted by atomic mass is 9.60. The lowest BCUT2D eigenvalue weighted by Crippen LogP contribution is -2.55. The molecule has 1 saturated heterocycles. The third kappa shape index (κ3) is 5.14. The molecule has 7 nitrogen and oxygen atoms in total. The van der Waals surface area contributed by atoms with Crippen LogP contribution in [0, 0.1) is 11.2 Å². The molecule has 1 N–H and O–H groups in total. The zero-order valence-corrected chi connectivity index (χ0v) is 20.8. The molecule has 2 aliphatic carbocycles. The fourth-order valence-corrected chi connectivity index (χ4v) is 6.30. The van der Waals surface area contributed by atoms with Gasteiger partial charge in [-0.3, -0.25) is 19.5 Å². The largest absolute Gasteiger partial charge is 0.461 e. The predicted octanol–water partition coefficient (Wildman–Crippen LogP) is 4.63. The lowest BCUT2D eigenvalue weighted by molar-refractivity contribution is -0.182. The molecule has 8 heteroatoms. The van der Waals surface area contributed by atoms with E-state index in [1.165, 1.54) is 18.3 Å². The van der Waals surface area contributed by atoms with E-state index in [0.717, 1.165) is 70.0 Å². The Morgan fingerprint density at radius 2 is 1.83 bits per heavy atom. The number of likely N-dealkylation sites (tertiary alicyclic amines) is 1. The second-order valence-electron chi connectivity index (χ2n) is 10.7. The summed E-state index contributed by atoms with van der Waals surface area (Å²) in [6.45, 7) is 1.88. The van der Waals surface area contributed by atoms with Gasteiger partial charge in [0.15, 0.2) is 5.82 Å². The number of carbonyl (C=O) groups is 2. The number of anilines is 1. The van der Waals surface area contributed by atoms with Gasteiger partial charge in [-0.05, 0) is 69.3 Å². The number of hydrogen-bond donors (Lipinski definition) is 1. The molecular weight excluding hydrogens is 459 g/mol. The number of halogens is 1. The summed E-state index contributed by atoms with van der Waals surface area (Å²) in [6.07, 6.45) is 13.8. The summed E-state index contributed by atoms with van der Waals surface area (Å²) in [5.74, 6) is -0.134. The number of rotatable bonds is 6. The van der Waals surface area contributed by atoms with E-state index >= 15 is 0 Å². The Morgan fingerprint density at radius 3 is 2.47 bits per heavy atom. The fourth-order valence-electron chi connectivity index (χ4n) is 6.30. The number of esters is 1. The minimum atomic E-state index is -0.755. The van der Waals surface area contributed by atoms with Crippen molar-refractivity contribution >= 4 is 17.7 Å². The molecule has 3 fully saturated rings. The molecule has 1 aliphatic heterocycles. The van der Waals surface area contributed by atoms with Crippen LogP contribution in [0.2, 0.25) is 0 Å². The van der Waals surface area contributed by atoms with Crippen molar-refractivity contribution in [3.05, 3.63) is 54.2 Å². The molecule has 2 aromatic rings. The van der Waals surface area contributed by atoms with Crippen LogP contribution in [0.15, 0.2) is 42.9 Å². The fraction of sp³-hybridized carbons (Fsp3) is 0.571. The second-order valence-corrected chi connectivity index (χ2v) is 10.7. The van der Waals surface area contributed by atoms with E-state index in [1.807, 2.05) is 6.07 Å². The normalized spacial score (nSPS) is 23.3. The Balaban J connectivity index is 1.20. The number of aromatic nitrogens is 2. The number of ether oxygens (including phenoxy) is 1. The van der Waals surface area contributed by atoms with Crippen LogP contribution < -0.4 is 5.32 Å². The standard InChI is InChI=1S/C28H35FN4O3/c29-22-7-5-6-21(18-22)28(9-3-1-2-4-10-28)26(35)36-23-8-11-27(23)12-16-33(17-13-27)20-25(34)32-24-19-30-14-15-31-24/h5-7,14-15,18-19,23H,1-4,8-13,16-17,20H2,(H,31,32,34)/t23-/m0/s1. The molecule has 36 heavy (non-hydrogen) atoms. The molecule has 1 spiro atoms. The molecule has 1 amide bonds. The minimum Gasteiger partial charge on any atom is -0.461 e. The average molecular weight is 495 g/mol. The first kappa shape index (κ1) is 24.8.